The van der Waals surface area contributed by atoms with Gasteiger partial charge in [0.1, 0.15) is 12.4 Å². The Balaban J connectivity index is 2.01. The minimum Gasteiger partial charge on any atom is -0.491 e. The van der Waals surface area contributed by atoms with Crippen LogP contribution in [0.25, 0.3) is 0 Å². The van der Waals surface area contributed by atoms with Crippen molar-refractivity contribution in [2.45, 2.75) is 11.2 Å². The number of hydrogen-bond donors (Lipinski definition) is 3. The zero-order valence-electron chi connectivity index (χ0n) is 24.7. The molecule has 7 nitrogen and oxygen atoms in total. The maximum Gasteiger partial charge on any atom is 0.152 e. The fourth-order valence-corrected chi connectivity index (χ4v) is 5.13. The Kier molecular flexibility index (Phi) is 8.92. The van der Waals surface area contributed by atoms with Gasteiger partial charge in [0.25, 0.3) is 0 Å². The number of anilines is 3. The van der Waals surface area contributed by atoms with Gasteiger partial charge in [-0.1, -0.05) is 48.5 Å². The van der Waals surface area contributed by atoms with Crippen molar-refractivity contribution >= 4 is 17.1 Å². The minimum atomic E-state index is -1.91. The van der Waals surface area contributed by atoms with Gasteiger partial charge in [0.2, 0.25) is 0 Å². The van der Waals surface area contributed by atoms with Gasteiger partial charge < -0.3 is 34.8 Å². The number of aliphatic hydroxyl groups excluding tert-OH is 1. The van der Waals surface area contributed by atoms with Crippen molar-refractivity contribution in [1.29, 1.82) is 0 Å². The van der Waals surface area contributed by atoms with Crippen molar-refractivity contribution in [3.8, 4) is 5.75 Å². The van der Waals surface area contributed by atoms with E-state index in [-0.39, 0.29) is 13.2 Å². The fourth-order valence-electron chi connectivity index (χ4n) is 5.13. The van der Waals surface area contributed by atoms with E-state index in [0.717, 1.165) is 17.1 Å². The van der Waals surface area contributed by atoms with Crippen molar-refractivity contribution < 1.29 is 20.1 Å². The van der Waals surface area contributed by atoms with Gasteiger partial charge >= 0.3 is 0 Å². The molecule has 0 saturated carbocycles. The minimum absolute atomic E-state index is 0.102. The quantitative estimate of drug-likeness (QED) is 0.253. The lowest BCUT2D eigenvalue weighted by Gasteiger charge is -2.45. The molecule has 1 atom stereocenters. The number of aliphatic hydroxyl groups is 3. The summed E-state index contributed by atoms with van der Waals surface area (Å²) in [6, 6.07) is 29.8. The topological polar surface area (TPSA) is 79.6 Å². The molecule has 0 fully saturated rings. The van der Waals surface area contributed by atoms with Gasteiger partial charge in [0, 0.05) is 59.3 Å². The van der Waals surface area contributed by atoms with E-state index in [1.807, 2.05) is 130 Å². The summed E-state index contributed by atoms with van der Waals surface area (Å²) in [4.78, 5) is 5.97. The smallest absolute Gasteiger partial charge is 0.152 e. The molecule has 4 rings (SSSR count). The number of nitrogens with zero attached hydrogens (tertiary/aromatic N) is 3. The standard InChI is InChI=1S/C34H41N3O4/c1-35(2)29-15-7-25(8-16-29)33(39,26-9-17-30(18-10-26)36(3)4)34(40,27-11-19-31(20-12-27)37(5)6)28-13-21-32(22-14-28)41-24-23-38/h7-22,38-40H,23-24H2,1-6H3. The van der Waals surface area contributed by atoms with Crippen molar-refractivity contribution in [1.82, 2.24) is 0 Å². The molecule has 216 valence electrons. The van der Waals surface area contributed by atoms with Crippen molar-refractivity contribution in [3.63, 3.8) is 0 Å². The second kappa shape index (κ2) is 12.2. The molecule has 3 N–H and O–H groups in total. The van der Waals surface area contributed by atoms with Crippen LogP contribution in [-0.4, -0.2) is 70.8 Å². The maximum atomic E-state index is 13.1. The van der Waals surface area contributed by atoms with E-state index >= 15 is 0 Å². The average molecular weight is 556 g/mol. The predicted octanol–water partition coefficient (Wildman–Crippen LogP) is 4.43. The predicted molar refractivity (Wildman–Crippen MR) is 167 cm³/mol. The zero-order valence-corrected chi connectivity index (χ0v) is 24.7. The Hall–Kier alpha value is -4.04. The number of rotatable bonds is 11. The van der Waals surface area contributed by atoms with Crippen LogP contribution in [0.3, 0.4) is 0 Å². The molecule has 1 unspecified atom stereocenters. The molecule has 0 heterocycles. The molecule has 7 heteroatoms. The zero-order chi connectivity index (χ0) is 29.8. The van der Waals surface area contributed by atoms with Crippen LogP contribution < -0.4 is 19.4 Å². The molecule has 0 amide bonds. The van der Waals surface area contributed by atoms with Crippen LogP contribution in [0.5, 0.6) is 5.75 Å². The number of ether oxygens (including phenoxy) is 1. The average Bonchev–Trinajstić information content (AvgIpc) is 2.99. The Morgan fingerprint density at radius 1 is 0.488 bits per heavy atom. The monoisotopic (exact) mass is 555 g/mol. The third kappa shape index (κ3) is 5.75. The molecule has 0 radical (unpaired) electrons. The van der Waals surface area contributed by atoms with Crippen LogP contribution in [0.1, 0.15) is 22.3 Å². The maximum absolute atomic E-state index is 13.1. The Morgan fingerprint density at radius 2 is 0.756 bits per heavy atom. The Morgan fingerprint density at radius 3 is 1.00 bits per heavy atom. The van der Waals surface area contributed by atoms with Gasteiger partial charge in [0.15, 0.2) is 11.2 Å². The molecule has 41 heavy (non-hydrogen) atoms. The van der Waals surface area contributed by atoms with Crippen LogP contribution in [0, 0.1) is 0 Å². The van der Waals surface area contributed by atoms with Crippen LogP contribution >= 0.6 is 0 Å². The lowest BCUT2D eigenvalue weighted by Crippen LogP contribution is -2.51. The van der Waals surface area contributed by atoms with Gasteiger partial charge in [-0.2, -0.15) is 0 Å². The summed E-state index contributed by atoms with van der Waals surface area (Å²) in [6.07, 6.45) is 0. The van der Waals surface area contributed by atoms with Crippen molar-refractivity contribution in [2.24, 2.45) is 0 Å². The van der Waals surface area contributed by atoms with Gasteiger partial charge in [-0.15, -0.1) is 0 Å². The summed E-state index contributed by atoms with van der Waals surface area (Å²) < 4.78 is 5.59. The van der Waals surface area contributed by atoms with E-state index in [0.29, 0.717) is 28.0 Å². The first-order valence-electron chi connectivity index (χ1n) is 13.6. The van der Waals surface area contributed by atoms with E-state index in [9.17, 15) is 15.3 Å². The highest BCUT2D eigenvalue weighted by Gasteiger charge is 2.54. The Bertz CT molecular complexity index is 1350. The SMILES string of the molecule is CN(C)c1ccc(C(O)(c2ccc(OCCO)cc2)C(O)(c2ccc(N(C)C)cc2)c2ccc(N(C)C)cc2)cc1. The molecule has 0 saturated heterocycles. The van der Waals surface area contributed by atoms with Crippen LogP contribution in [0.15, 0.2) is 97.1 Å². The molecule has 0 bridgehead atoms. The summed E-state index contributed by atoms with van der Waals surface area (Å²) in [5.41, 5.74) is 1.22. The summed E-state index contributed by atoms with van der Waals surface area (Å²) in [5, 5.41) is 35.3. The number of benzene rings is 4. The van der Waals surface area contributed by atoms with E-state index in [2.05, 4.69) is 0 Å². The molecular formula is C34H41N3O4. The molecule has 4 aromatic carbocycles. The molecule has 0 aliphatic heterocycles. The molecule has 0 aliphatic carbocycles. The lowest BCUT2D eigenvalue weighted by atomic mass is 9.66. The third-order valence-electron chi connectivity index (χ3n) is 7.56. The summed E-state index contributed by atoms with van der Waals surface area (Å²) >= 11 is 0. The summed E-state index contributed by atoms with van der Waals surface area (Å²) in [6.45, 7) is 0.0611. The summed E-state index contributed by atoms with van der Waals surface area (Å²) in [5.74, 6) is 0.558. The largest absolute Gasteiger partial charge is 0.491 e. The van der Waals surface area contributed by atoms with Gasteiger partial charge in [-0.25, -0.2) is 0 Å². The third-order valence-corrected chi connectivity index (χ3v) is 7.56. The Labute approximate surface area is 243 Å². The molecular weight excluding hydrogens is 514 g/mol. The van der Waals surface area contributed by atoms with E-state index in [1.165, 1.54) is 0 Å². The molecule has 0 spiro atoms. The highest BCUT2D eigenvalue weighted by atomic mass is 16.5. The summed E-state index contributed by atoms with van der Waals surface area (Å²) in [7, 11) is 11.8. The molecule has 4 aromatic rings. The number of hydrogen-bond acceptors (Lipinski definition) is 7. The van der Waals surface area contributed by atoms with E-state index in [1.54, 1.807) is 24.3 Å². The fraction of sp³-hybridized carbons (Fsp3) is 0.294. The molecule has 0 aromatic heterocycles. The highest BCUT2D eigenvalue weighted by Crippen LogP contribution is 2.50. The first-order valence-corrected chi connectivity index (χ1v) is 13.6. The highest BCUT2D eigenvalue weighted by molar-refractivity contribution is 5.58. The van der Waals surface area contributed by atoms with Crippen LogP contribution in [0.4, 0.5) is 17.1 Å². The van der Waals surface area contributed by atoms with E-state index < -0.39 is 11.2 Å². The first kappa shape index (κ1) is 29.9. The lowest BCUT2D eigenvalue weighted by molar-refractivity contribution is -0.113. The van der Waals surface area contributed by atoms with Gasteiger partial charge in [-0.3, -0.25) is 0 Å². The van der Waals surface area contributed by atoms with Crippen molar-refractivity contribution in [3.05, 3.63) is 119 Å². The van der Waals surface area contributed by atoms with Gasteiger partial charge in [0.05, 0.1) is 6.61 Å². The normalized spacial score (nSPS) is 12.9. The van der Waals surface area contributed by atoms with Crippen LogP contribution in [-0.2, 0) is 11.2 Å². The van der Waals surface area contributed by atoms with Gasteiger partial charge in [-0.05, 0) is 70.8 Å². The second-order valence-corrected chi connectivity index (χ2v) is 10.8. The second-order valence-electron chi connectivity index (χ2n) is 10.8. The first-order chi connectivity index (χ1) is 19.5. The van der Waals surface area contributed by atoms with E-state index in [4.69, 9.17) is 4.74 Å². The van der Waals surface area contributed by atoms with Crippen LogP contribution in [0.2, 0.25) is 0 Å². The van der Waals surface area contributed by atoms with Crippen molar-refractivity contribution in [2.75, 3.05) is 70.2 Å². The molecule has 0 aliphatic rings.